The second-order valence-electron chi connectivity index (χ2n) is 11.2. The number of benzene rings is 3. The molecule has 0 saturated carbocycles. The lowest BCUT2D eigenvalue weighted by molar-refractivity contribution is -0.122. The van der Waals surface area contributed by atoms with Crippen molar-refractivity contribution in [2.75, 3.05) is 19.8 Å². The molecule has 204 valence electrons. The lowest BCUT2D eigenvalue weighted by Gasteiger charge is -2.24. The number of carbonyl (C=O) groups excluding carboxylic acids is 1. The number of fused-ring (bicyclic) bond motifs is 1. The summed E-state index contributed by atoms with van der Waals surface area (Å²) < 4.78 is 5.62. The predicted octanol–water partition coefficient (Wildman–Crippen LogP) is 6.39. The second kappa shape index (κ2) is 12.1. The maximum Gasteiger partial charge on any atom is 0.140 e. The zero-order chi connectivity index (χ0) is 27.3. The van der Waals surface area contributed by atoms with Crippen LogP contribution in [-0.4, -0.2) is 48.6 Å². The summed E-state index contributed by atoms with van der Waals surface area (Å²) in [6.45, 7) is 2.23. The summed E-state index contributed by atoms with van der Waals surface area (Å²) in [7, 11) is 0. The van der Waals surface area contributed by atoms with Crippen molar-refractivity contribution in [3.8, 4) is 5.75 Å². The molecule has 3 atom stereocenters. The lowest BCUT2D eigenvalue weighted by Crippen LogP contribution is -2.27. The van der Waals surface area contributed by atoms with E-state index in [0.29, 0.717) is 25.3 Å². The molecule has 3 aromatic carbocycles. The third-order valence-corrected chi connectivity index (χ3v) is 8.40. The first kappa shape index (κ1) is 26.4. The molecule has 0 aromatic heterocycles. The number of dihydropyridines is 1. The average molecular weight is 533 g/mol. The topological polar surface area (TPSA) is 71.2 Å². The number of phenolic OH excluding ortho intramolecular Hbond substituents is 1. The van der Waals surface area contributed by atoms with Crippen LogP contribution in [-0.2, 0) is 22.4 Å². The first-order chi connectivity index (χ1) is 19.6. The van der Waals surface area contributed by atoms with Crippen LogP contribution in [0.5, 0.6) is 5.75 Å². The van der Waals surface area contributed by atoms with Gasteiger partial charge >= 0.3 is 0 Å². The highest BCUT2D eigenvalue weighted by Crippen LogP contribution is 2.35. The molecule has 5 heteroatoms. The van der Waals surface area contributed by atoms with Gasteiger partial charge in [0.1, 0.15) is 11.5 Å². The van der Waals surface area contributed by atoms with Crippen LogP contribution < -0.4 is 0 Å². The highest BCUT2D eigenvalue weighted by Gasteiger charge is 2.33. The maximum atomic E-state index is 13.5. The molecule has 0 bridgehead atoms. The minimum absolute atomic E-state index is 0.160. The number of nitrogens with zero attached hydrogens (tertiary/aromatic N) is 2. The first-order valence-electron chi connectivity index (χ1n) is 14.5. The van der Waals surface area contributed by atoms with Gasteiger partial charge in [0.05, 0.1) is 11.8 Å². The number of hydrogen-bond acceptors (Lipinski definition) is 5. The van der Waals surface area contributed by atoms with Gasteiger partial charge in [-0.05, 0) is 72.4 Å². The molecular weight excluding hydrogens is 496 g/mol. The van der Waals surface area contributed by atoms with Crippen molar-refractivity contribution in [3.05, 3.63) is 101 Å². The standard InChI is InChI=1S/C35H36N2O3/c38-30-14-12-27(13-15-30)31-23-36-32-21-33(39)29(22-37-35(32)34(31)28-6-2-1-3-7-28)20-26-10-8-25(9-11-26)19-24-5-4-17-40-18-16-24/h1-3,6-15,23-24,29,32,38H,4-5,16-22H2. The van der Waals surface area contributed by atoms with Crippen molar-refractivity contribution in [2.45, 2.75) is 44.6 Å². The number of aliphatic imine (C=N–C) groups is 2. The lowest BCUT2D eigenvalue weighted by atomic mass is 9.85. The van der Waals surface area contributed by atoms with E-state index in [4.69, 9.17) is 14.7 Å². The molecule has 0 aliphatic carbocycles. The van der Waals surface area contributed by atoms with Crippen LogP contribution in [0.2, 0.25) is 0 Å². The quantitative estimate of drug-likeness (QED) is 0.400. The smallest absolute Gasteiger partial charge is 0.140 e. The number of rotatable bonds is 6. The Morgan fingerprint density at radius 3 is 2.35 bits per heavy atom. The Morgan fingerprint density at radius 2 is 1.57 bits per heavy atom. The molecule has 5 nitrogen and oxygen atoms in total. The van der Waals surface area contributed by atoms with Gasteiger partial charge in [-0.1, -0.05) is 66.7 Å². The van der Waals surface area contributed by atoms with Gasteiger partial charge < -0.3 is 9.84 Å². The summed E-state index contributed by atoms with van der Waals surface area (Å²) >= 11 is 0. The van der Waals surface area contributed by atoms with E-state index >= 15 is 0 Å². The van der Waals surface area contributed by atoms with E-state index in [9.17, 15) is 9.90 Å². The fraction of sp³-hybridized carbons (Fsp3) is 0.343. The largest absolute Gasteiger partial charge is 0.508 e. The summed E-state index contributed by atoms with van der Waals surface area (Å²) in [5.74, 6) is 0.981. The molecule has 3 aliphatic heterocycles. The molecule has 0 amide bonds. The number of allylic oxidation sites excluding steroid dienone is 1. The van der Waals surface area contributed by atoms with Crippen LogP contribution >= 0.6 is 0 Å². The van der Waals surface area contributed by atoms with Gasteiger partial charge in [0.25, 0.3) is 0 Å². The minimum atomic E-state index is -0.278. The van der Waals surface area contributed by atoms with E-state index in [-0.39, 0.29) is 23.5 Å². The average Bonchev–Trinajstić information content (AvgIpc) is 3.33. The van der Waals surface area contributed by atoms with Crippen LogP contribution in [0, 0.1) is 11.8 Å². The Bertz CT molecular complexity index is 1410. The predicted molar refractivity (Wildman–Crippen MR) is 161 cm³/mol. The number of ketones is 1. The Kier molecular flexibility index (Phi) is 8.01. The third-order valence-electron chi connectivity index (χ3n) is 8.40. The van der Waals surface area contributed by atoms with Crippen molar-refractivity contribution < 1.29 is 14.6 Å². The van der Waals surface area contributed by atoms with E-state index < -0.39 is 0 Å². The van der Waals surface area contributed by atoms with Gasteiger partial charge in [0, 0.05) is 49.5 Å². The molecule has 1 N–H and O–H groups in total. The van der Waals surface area contributed by atoms with Gasteiger partial charge in [-0.3, -0.25) is 14.8 Å². The van der Waals surface area contributed by atoms with Crippen LogP contribution in [0.4, 0.5) is 0 Å². The molecule has 6 rings (SSSR count). The zero-order valence-electron chi connectivity index (χ0n) is 22.8. The molecular formula is C35H36N2O3. The van der Waals surface area contributed by atoms with Gasteiger partial charge in [0.15, 0.2) is 0 Å². The van der Waals surface area contributed by atoms with Crippen LogP contribution in [0.1, 0.15) is 47.9 Å². The molecule has 3 aromatic rings. The van der Waals surface area contributed by atoms with Crippen molar-refractivity contribution in [2.24, 2.45) is 21.8 Å². The molecule has 40 heavy (non-hydrogen) atoms. The normalized spacial score (nSPS) is 23.2. The number of aromatic hydroxyl groups is 1. The Hall–Kier alpha value is -3.83. The maximum absolute atomic E-state index is 13.5. The summed E-state index contributed by atoms with van der Waals surface area (Å²) in [6.07, 6.45) is 7.55. The Labute approximate surface area is 236 Å². The number of hydrogen-bond donors (Lipinski definition) is 1. The molecule has 0 spiro atoms. The van der Waals surface area contributed by atoms with Gasteiger partial charge in [0.2, 0.25) is 0 Å². The van der Waals surface area contributed by atoms with Crippen molar-refractivity contribution in [1.82, 2.24) is 0 Å². The summed E-state index contributed by atoms with van der Waals surface area (Å²) in [5, 5.41) is 9.83. The summed E-state index contributed by atoms with van der Waals surface area (Å²) in [6, 6.07) is 26.0. The highest BCUT2D eigenvalue weighted by molar-refractivity contribution is 6.42. The molecule has 1 saturated heterocycles. The highest BCUT2D eigenvalue weighted by atomic mass is 16.5. The van der Waals surface area contributed by atoms with E-state index in [0.717, 1.165) is 60.5 Å². The molecule has 3 heterocycles. The van der Waals surface area contributed by atoms with Crippen molar-refractivity contribution in [1.29, 1.82) is 0 Å². The van der Waals surface area contributed by atoms with E-state index in [1.807, 2.05) is 36.5 Å². The van der Waals surface area contributed by atoms with Gasteiger partial charge in [-0.2, -0.15) is 0 Å². The molecule has 1 fully saturated rings. The summed E-state index contributed by atoms with van der Waals surface area (Å²) in [4.78, 5) is 23.4. The van der Waals surface area contributed by atoms with Crippen molar-refractivity contribution in [3.63, 3.8) is 0 Å². The zero-order valence-corrected chi connectivity index (χ0v) is 22.8. The molecule has 3 unspecified atom stereocenters. The minimum Gasteiger partial charge on any atom is -0.508 e. The van der Waals surface area contributed by atoms with Gasteiger partial charge in [-0.15, -0.1) is 0 Å². The van der Waals surface area contributed by atoms with E-state index in [1.165, 1.54) is 17.5 Å². The van der Waals surface area contributed by atoms with Crippen LogP contribution in [0.3, 0.4) is 0 Å². The number of phenols is 1. The number of carbonyl (C=O) groups is 1. The molecule has 3 aliphatic rings. The Balaban J connectivity index is 1.23. The second-order valence-corrected chi connectivity index (χ2v) is 11.2. The molecule has 0 radical (unpaired) electrons. The first-order valence-corrected chi connectivity index (χ1v) is 14.5. The fourth-order valence-electron chi connectivity index (χ4n) is 6.16. The number of ether oxygens (including phenoxy) is 1. The van der Waals surface area contributed by atoms with Crippen LogP contribution in [0.15, 0.2) is 88.8 Å². The van der Waals surface area contributed by atoms with E-state index in [2.05, 4.69) is 36.4 Å². The van der Waals surface area contributed by atoms with Gasteiger partial charge in [-0.25, -0.2) is 0 Å². The monoisotopic (exact) mass is 532 g/mol. The Morgan fingerprint density at radius 1 is 0.825 bits per heavy atom. The fourth-order valence-corrected chi connectivity index (χ4v) is 6.16. The SMILES string of the molecule is O=C1CC2N=CC(c3ccc(O)cc3)=C(c3ccccc3)C2=NCC1Cc1ccc(CC2CCCOCC2)cc1. The van der Waals surface area contributed by atoms with Crippen LogP contribution in [0.25, 0.3) is 11.1 Å². The summed E-state index contributed by atoms with van der Waals surface area (Å²) in [5.41, 5.74) is 7.44. The van der Waals surface area contributed by atoms with E-state index in [1.54, 1.807) is 12.1 Å². The number of Topliss-reactive ketones (excluding diaryl/α,β-unsaturated/α-hetero) is 1. The van der Waals surface area contributed by atoms with Crippen molar-refractivity contribution >= 4 is 28.9 Å². The third kappa shape index (κ3) is 6.00.